The van der Waals surface area contributed by atoms with Crippen LogP contribution in [0, 0.1) is 0 Å². The third kappa shape index (κ3) is 4.09. The first-order valence-corrected chi connectivity index (χ1v) is 10.4. The molecule has 2 heterocycles. The van der Waals surface area contributed by atoms with E-state index in [9.17, 15) is 9.59 Å². The monoisotopic (exact) mass is 463 g/mol. The van der Waals surface area contributed by atoms with E-state index in [2.05, 4.69) is 0 Å². The van der Waals surface area contributed by atoms with Gasteiger partial charge in [0.25, 0.3) is 11.1 Å². The van der Waals surface area contributed by atoms with Gasteiger partial charge in [-0.1, -0.05) is 53.0 Å². The normalized spacial score (nSPS) is 15.6. The van der Waals surface area contributed by atoms with Gasteiger partial charge in [0, 0.05) is 27.2 Å². The smallest absolute Gasteiger partial charge is 0.293 e. The molecule has 4 rings (SSSR count). The van der Waals surface area contributed by atoms with Crippen LogP contribution in [0.3, 0.4) is 0 Å². The first-order chi connectivity index (χ1) is 13.9. The maximum atomic E-state index is 12.7. The van der Waals surface area contributed by atoms with E-state index in [0.717, 1.165) is 22.2 Å². The molecule has 2 aromatic carbocycles. The van der Waals surface area contributed by atoms with Gasteiger partial charge in [-0.15, -0.1) is 0 Å². The van der Waals surface area contributed by atoms with E-state index in [1.54, 1.807) is 42.5 Å². The molecule has 1 aliphatic heterocycles. The summed E-state index contributed by atoms with van der Waals surface area (Å²) in [6.45, 7) is 0.00351. The highest BCUT2D eigenvalue weighted by Crippen LogP contribution is 2.36. The standard InChI is InChI=1S/C21H12Cl3NO3S/c22-15-5-2-1-4-13(15)18-9-8-12(28-18)10-19-20(26)25(21(27)29-19)11-14-16(23)6-3-7-17(14)24/h1-10H,11H2/b19-10-. The van der Waals surface area contributed by atoms with Gasteiger partial charge in [0.05, 0.1) is 16.5 Å². The molecule has 0 saturated carbocycles. The minimum absolute atomic E-state index is 0.00351. The third-order valence-electron chi connectivity index (χ3n) is 4.29. The van der Waals surface area contributed by atoms with Gasteiger partial charge >= 0.3 is 0 Å². The van der Waals surface area contributed by atoms with Crippen LogP contribution in [0.4, 0.5) is 4.79 Å². The van der Waals surface area contributed by atoms with Gasteiger partial charge in [-0.05, 0) is 48.2 Å². The van der Waals surface area contributed by atoms with Crippen molar-refractivity contribution in [1.29, 1.82) is 0 Å². The van der Waals surface area contributed by atoms with Gasteiger partial charge in [-0.3, -0.25) is 14.5 Å². The molecule has 0 radical (unpaired) electrons. The van der Waals surface area contributed by atoms with Crippen molar-refractivity contribution in [3.8, 4) is 11.3 Å². The number of imide groups is 1. The van der Waals surface area contributed by atoms with E-state index in [-0.39, 0.29) is 11.4 Å². The summed E-state index contributed by atoms with van der Waals surface area (Å²) in [5.74, 6) is 0.594. The van der Waals surface area contributed by atoms with Gasteiger partial charge in [0.2, 0.25) is 0 Å². The molecule has 0 aliphatic carbocycles. The fraction of sp³-hybridized carbons (Fsp3) is 0.0476. The summed E-state index contributed by atoms with van der Waals surface area (Å²) in [6.07, 6.45) is 1.54. The molecule has 1 aromatic heterocycles. The van der Waals surface area contributed by atoms with Crippen molar-refractivity contribution in [1.82, 2.24) is 4.90 Å². The highest BCUT2D eigenvalue weighted by atomic mass is 35.5. The van der Waals surface area contributed by atoms with Gasteiger partial charge in [0.1, 0.15) is 11.5 Å². The second kappa shape index (κ2) is 8.28. The SMILES string of the molecule is O=C1S/C(=C\c2ccc(-c3ccccc3Cl)o2)C(=O)N1Cc1c(Cl)cccc1Cl. The highest BCUT2D eigenvalue weighted by Gasteiger charge is 2.36. The highest BCUT2D eigenvalue weighted by molar-refractivity contribution is 8.18. The Morgan fingerprint density at radius 2 is 1.59 bits per heavy atom. The molecule has 2 amide bonds. The summed E-state index contributed by atoms with van der Waals surface area (Å²) >= 11 is 19.4. The van der Waals surface area contributed by atoms with Crippen molar-refractivity contribution in [2.24, 2.45) is 0 Å². The van der Waals surface area contributed by atoms with E-state index in [1.807, 2.05) is 18.2 Å². The second-order valence-corrected chi connectivity index (χ2v) is 8.36. The summed E-state index contributed by atoms with van der Waals surface area (Å²) in [5, 5.41) is 0.965. The molecule has 0 unspecified atom stereocenters. The van der Waals surface area contributed by atoms with Gasteiger partial charge in [-0.25, -0.2) is 0 Å². The number of hydrogen-bond donors (Lipinski definition) is 0. The van der Waals surface area contributed by atoms with Crippen LogP contribution >= 0.6 is 46.6 Å². The molecule has 0 N–H and O–H groups in total. The minimum Gasteiger partial charge on any atom is -0.457 e. The van der Waals surface area contributed by atoms with Gasteiger partial charge in [0.15, 0.2) is 0 Å². The summed E-state index contributed by atoms with van der Waals surface area (Å²) < 4.78 is 5.79. The Morgan fingerprint density at radius 3 is 2.31 bits per heavy atom. The van der Waals surface area contributed by atoms with Crippen molar-refractivity contribution in [2.75, 3.05) is 0 Å². The molecular formula is C21H12Cl3NO3S. The number of amides is 2. The molecule has 29 heavy (non-hydrogen) atoms. The zero-order valence-corrected chi connectivity index (χ0v) is 17.8. The van der Waals surface area contributed by atoms with Crippen LogP contribution in [0.5, 0.6) is 0 Å². The average molecular weight is 465 g/mol. The number of furan rings is 1. The fourth-order valence-corrected chi connectivity index (χ4v) is 4.41. The Hall–Kier alpha value is -2.18. The van der Waals surface area contributed by atoms with Crippen LogP contribution in [0.15, 0.2) is 63.9 Å². The van der Waals surface area contributed by atoms with Crippen LogP contribution < -0.4 is 0 Å². The van der Waals surface area contributed by atoms with Crippen LogP contribution in [-0.2, 0) is 11.3 Å². The number of nitrogens with zero attached hydrogens (tertiary/aromatic N) is 1. The molecule has 1 aliphatic rings. The van der Waals surface area contributed by atoms with Crippen LogP contribution in [-0.4, -0.2) is 16.0 Å². The minimum atomic E-state index is -0.424. The second-order valence-electron chi connectivity index (χ2n) is 6.15. The lowest BCUT2D eigenvalue weighted by atomic mass is 10.2. The van der Waals surface area contributed by atoms with E-state index in [4.69, 9.17) is 39.2 Å². The number of halogens is 3. The lowest BCUT2D eigenvalue weighted by Crippen LogP contribution is -2.27. The first kappa shape index (κ1) is 20.1. The molecule has 4 nitrogen and oxygen atoms in total. The predicted molar refractivity (Wildman–Crippen MR) is 117 cm³/mol. The molecule has 1 saturated heterocycles. The van der Waals surface area contributed by atoms with Crippen molar-refractivity contribution < 1.29 is 14.0 Å². The number of thioether (sulfide) groups is 1. The van der Waals surface area contributed by atoms with Crippen LogP contribution in [0.2, 0.25) is 15.1 Å². The zero-order valence-electron chi connectivity index (χ0n) is 14.7. The summed E-state index contributed by atoms with van der Waals surface area (Å²) in [6, 6.07) is 15.8. The Morgan fingerprint density at radius 1 is 0.897 bits per heavy atom. The summed E-state index contributed by atoms with van der Waals surface area (Å²) in [4.78, 5) is 26.5. The molecule has 8 heteroatoms. The Balaban J connectivity index is 1.58. The molecule has 146 valence electrons. The Kier molecular flexibility index (Phi) is 5.74. The van der Waals surface area contributed by atoms with Crippen molar-refractivity contribution in [3.63, 3.8) is 0 Å². The number of carbonyl (C=O) groups is 2. The summed E-state index contributed by atoms with van der Waals surface area (Å²) in [7, 11) is 0. The molecular weight excluding hydrogens is 453 g/mol. The third-order valence-corrected chi connectivity index (χ3v) is 6.24. The maximum absolute atomic E-state index is 12.7. The molecule has 1 fully saturated rings. The molecule has 0 spiro atoms. The maximum Gasteiger partial charge on any atom is 0.293 e. The number of hydrogen-bond acceptors (Lipinski definition) is 4. The average Bonchev–Trinajstić information content (AvgIpc) is 3.25. The number of rotatable bonds is 4. The molecule has 3 aromatic rings. The van der Waals surface area contributed by atoms with Crippen molar-refractivity contribution in [3.05, 3.63) is 85.9 Å². The van der Waals surface area contributed by atoms with Crippen molar-refractivity contribution >= 4 is 63.8 Å². The van der Waals surface area contributed by atoms with E-state index in [0.29, 0.717) is 32.2 Å². The van der Waals surface area contributed by atoms with E-state index in [1.165, 1.54) is 0 Å². The predicted octanol–water partition coefficient (Wildman–Crippen LogP) is 7.14. The topological polar surface area (TPSA) is 50.5 Å². The molecule has 0 bridgehead atoms. The summed E-state index contributed by atoms with van der Waals surface area (Å²) in [5.41, 5.74) is 1.27. The van der Waals surface area contributed by atoms with E-state index >= 15 is 0 Å². The quantitative estimate of drug-likeness (QED) is 0.385. The van der Waals surface area contributed by atoms with Crippen LogP contribution in [0.25, 0.3) is 17.4 Å². The number of benzene rings is 2. The van der Waals surface area contributed by atoms with Crippen LogP contribution in [0.1, 0.15) is 11.3 Å². The zero-order chi connectivity index (χ0) is 20.5. The van der Waals surface area contributed by atoms with Crippen molar-refractivity contribution in [2.45, 2.75) is 6.54 Å². The Bertz CT molecular complexity index is 1140. The number of carbonyl (C=O) groups excluding carboxylic acids is 2. The van der Waals surface area contributed by atoms with Gasteiger partial charge < -0.3 is 4.42 Å². The first-order valence-electron chi connectivity index (χ1n) is 8.47. The lowest BCUT2D eigenvalue weighted by molar-refractivity contribution is -0.123. The fourth-order valence-electron chi connectivity index (χ4n) is 2.84. The van der Waals surface area contributed by atoms with E-state index < -0.39 is 11.1 Å². The molecule has 0 atom stereocenters. The van der Waals surface area contributed by atoms with Gasteiger partial charge in [-0.2, -0.15) is 0 Å². The lowest BCUT2D eigenvalue weighted by Gasteiger charge is -2.14. The largest absolute Gasteiger partial charge is 0.457 e. The Labute approximate surface area is 186 Å².